The third-order valence-electron chi connectivity index (χ3n) is 3.59. The summed E-state index contributed by atoms with van der Waals surface area (Å²) in [7, 11) is -3.22. The van der Waals surface area contributed by atoms with Gasteiger partial charge in [0, 0.05) is 30.9 Å². The summed E-state index contributed by atoms with van der Waals surface area (Å²) in [5, 5.41) is 5.57. The summed E-state index contributed by atoms with van der Waals surface area (Å²) in [5.41, 5.74) is 0.629. The lowest BCUT2D eigenvalue weighted by Crippen LogP contribution is -2.50. The second kappa shape index (κ2) is 7.65. The molecule has 0 radical (unpaired) electrons. The Balaban J connectivity index is 1.90. The van der Waals surface area contributed by atoms with Crippen molar-refractivity contribution < 1.29 is 17.9 Å². The van der Waals surface area contributed by atoms with Crippen LogP contribution in [0.25, 0.3) is 0 Å². The smallest absolute Gasteiger partial charge is 0.319 e. The minimum absolute atomic E-state index is 0.187. The normalized spacial score (nSPS) is 19.1. The van der Waals surface area contributed by atoms with Crippen LogP contribution < -0.4 is 15.4 Å². The van der Waals surface area contributed by atoms with Crippen LogP contribution in [0, 0.1) is 0 Å². The van der Waals surface area contributed by atoms with Crippen LogP contribution in [-0.2, 0) is 10.0 Å². The molecule has 128 valence electrons. The number of hydrogen-bond acceptors (Lipinski definition) is 4. The highest BCUT2D eigenvalue weighted by atomic mass is 32.2. The maximum Gasteiger partial charge on any atom is 0.319 e. The maximum absolute atomic E-state index is 12.1. The molecule has 2 amide bonds. The molecule has 1 aliphatic heterocycles. The van der Waals surface area contributed by atoms with Crippen LogP contribution in [0.5, 0.6) is 5.75 Å². The number of piperidine rings is 1. The van der Waals surface area contributed by atoms with Gasteiger partial charge in [0.15, 0.2) is 0 Å². The minimum atomic E-state index is -3.22. The highest BCUT2D eigenvalue weighted by molar-refractivity contribution is 7.88. The Kier molecular flexibility index (Phi) is 5.84. The Morgan fingerprint density at radius 2 is 2.22 bits per heavy atom. The number of nitrogens with zero attached hydrogens (tertiary/aromatic N) is 1. The highest BCUT2D eigenvalue weighted by Crippen LogP contribution is 2.18. The molecule has 1 saturated heterocycles. The van der Waals surface area contributed by atoms with Crippen LogP contribution in [0.2, 0.25) is 0 Å². The molecule has 1 aromatic carbocycles. The lowest BCUT2D eigenvalue weighted by molar-refractivity contribution is 0.236. The van der Waals surface area contributed by atoms with Gasteiger partial charge in [-0.15, -0.1) is 0 Å². The number of carbonyl (C=O) groups is 1. The van der Waals surface area contributed by atoms with Crippen molar-refractivity contribution in [2.45, 2.75) is 25.8 Å². The predicted octanol–water partition coefficient (Wildman–Crippen LogP) is 1.63. The summed E-state index contributed by atoms with van der Waals surface area (Å²) < 4.78 is 30.0. The number of anilines is 1. The van der Waals surface area contributed by atoms with Crippen molar-refractivity contribution in [2.75, 3.05) is 31.3 Å². The molecule has 2 N–H and O–H groups in total. The predicted molar refractivity (Wildman–Crippen MR) is 89.2 cm³/mol. The molecule has 1 atom stereocenters. The number of carbonyl (C=O) groups excluding carboxylic acids is 1. The first-order valence-corrected chi connectivity index (χ1v) is 9.49. The van der Waals surface area contributed by atoms with Crippen molar-refractivity contribution in [3.05, 3.63) is 24.3 Å². The van der Waals surface area contributed by atoms with Gasteiger partial charge in [0.2, 0.25) is 10.0 Å². The second-order valence-corrected chi connectivity index (χ2v) is 7.50. The zero-order valence-electron chi connectivity index (χ0n) is 13.4. The summed E-state index contributed by atoms with van der Waals surface area (Å²) in [6.45, 7) is 3.27. The maximum atomic E-state index is 12.1. The average molecular weight is 341 g/mol. The SMILES string of the molecule is CCOc1cccc(NC(=O)N[C@H]2CCCN(S(C)(=O)=O)C2)c1. The molecule has 0 aromatic heterocycles. The van der Waals surface area contributed by atoms with Gasteiger partial charge in [-0.2, -0.15) is 0 Å². The van der Waals surface area contributed by atoms with E-state index >= 15 is 0 Å². The number of amides is 2. The molecule has 1 aliphatic rings. The molecule has 23 heavy (non-hydrogen) atoms. The van der Waals surface area contributed by atoms with E-state index in [4.69, 9.17) is 4.74 Å². The number of urea groups is 1. The van der Waals surface area contributed by atoms with Crippen LogP contribution in [-0.4, -0.2) is 50.7 Å². The van der Waals surface area contributed by atoms with Gasteiger partial charge in [0.1, 0.15) is 5.75 Å². The van der Waals surface area contributed by atoms with Gasteiger partial charge in [-0.1, -0.05) is 6.07 Å². The third kappa shape index (κ3) is 5.40. The summed E-state index contributed by atoms with van der Waals surface area (Å²) in [5.74, 6) is 0.686. The number of rotatable bonds is 5. The van der Waals surface area contributed by atoms with E-state index in [1.807, 2.05) is 13.0 Å². The Bertz CT molecular complexity index is 648. The van der Waals surface area contributed by atoms with Crippen molar-refractivity contribution in [1.29, 1.82) is 0 Å². The summed E-state index contributed by atoms with van der Waals surface area (Å²) in [4.78, 5) is 12.1. The molecule has 0 aliphatic carbocycles. The molecular weight excluding hydrogens is 318 g/mol. The molecule has 1 aromatic rings. The number of hydrogen-bond donors (Lipinski definition) is 2. The van der Waals surface area contributed by atoms with Crippen LogP contribution in [0.15, 0.2) is 24.3 Å². The molecule has 8 heteroatoms. The molecule has 1 fully saturated rings. The number of benzene rings is 1. The van der Waals surface area contributed by atoms with Gasteiger partial charge < -0.3 is 15.4 Å². The fourth-order valence-corrected chi connectivity index (χ4v) is 3.46. The van der Waals surface area contributed by atoms with Gasteiger partial charge in [-0.3, -0.25) is 0 Å². The van der Waals surface area contributed by atoms with E-state index in [1.165, 1.54) is 10.6 Å². The van der Waals surface area contributed by atoms with Crippen molar-refractivity contribution in [3.8, 4) is 5.75 Å². The summed E-state index contributed by atoms with van der Waals surface area (Å²) in [6.07, 6.45) is 2.69. The second-order valence-electron chi connectivity index (χ2n) is 5.52. The summed E-state index contributed by atoms with van der Waals surface area (Å²) >= 11 is 0. The molecule has 7 nitrogen and oxygen atoms in total. The average Bonchev–Trinajstić information content (AvgIpc) is 2.47. The Hall–Kier alpha value is -1.80. The van der Waals surface area contributed by atoms with Crippen LogP contribution in [0.1, 0.15) is 19.8 Å². The molecular formula is C15H23N3O4S. The summed E-state index contributed by atoms with van der Waals surface area (Å²) in [6, 6.07) is 6.59. The third-order valence-corrected chi connectivity index (χ3v) is 4.86. The van der Waals surface area contributed by atoms with E-state index < -0.39 is 10.0 Å². The van der Waals surface area contributed by atoms with Crippen molar-refractivity contribution in [2.24, 2.45) is 0 Å². The molecule has 2 rings (SSSR count). The van der Waals surface area contributed by atoms with E-state index in [-0.39, 0.29) is 12.1 Å². The van der Waals surface area contributed by atoms with Crippen LogP contribution in [0.4, 0.5) is 10.5 Å². The fraction of sp³-hybridized carbons (Fsp3) is 0.533. The molecule has 0 spiro atoms. The first kappa shape index (κ1) is 17.6. The van der Waals surface area contributed by atoms with Crippen molar-refractivity contribution in [1.82, 2.24) is 9.62 Å². The zero-order chi connectivity index (χ0) is 16.9. The first-order chi connectivity index (χ1) is 10.9. The molecule has 0 bridgehead atoms. The number of ether oxygens (including phenoxy) is 1. The quantitative estimate of drug-likeness (QED) is 0.852. The van der Waals surface area contributed by atoms with Crippen LogP contribution >= 0.6 is 0 Å². The topological polar surface area (TPSA) is 87.7 Å². The molecule has 1 heterocycles. The highest BCUT2D eigenvalue weighted by Gasteiger charge is 2.26. The largest absolute Gasteiger partial charge is 0.494 e. The molecule has 0 unspecified atom stereocenters. The van der Waals surface area contributed by atoms with Crippen LogP contribution in [0.3, 0.4) is 0 Å². The van der Waals surface area contributed by atoms with E-state index in [9.17, 15) is 13.2 Å². The van der Waals surface area contributed by atoms with E-state index in [2.05, 4.69) is 10.6 Å². The van der Waals surface area contributed by atoms with Gasteiger partial charge in [0.05, 0.1) is 12.9 Å². The monoisotopic (exact) mass is 341 g/mol. The Morgan fingerprint density at radius 3 is 2.91 bits per heavy atom. The Morgan fingerprint density at radius 1 is 1.43 bits per heavy atom. The van der Waals surface area contributed by atoms with E-state index in [0.29, 0.717) is 31.1 Å². The van der Waals surface area contributed by atoms with E-state index in [0.717, 1.165) is 12.8 Å². The lowest BCUT2D eigenvalue weighted by atomic mass is 10.1. The number of nitrogens with one attached hydrogen (secondary N) is 2. The fourth-order valence-electron chi connectivity index (χ4n) is 2.54. The van der Waals surface area contributed by atoms with Crippen molar-refractivity contribution >= 4 is 21.7 Å². The number of sulfonamides is 1. The van der Waals surface area contributed by atoms with Gasteiger partial charge in [-0.05, 0) is 31.9 Å². The zero-order valence-corrected chi connectivity index (χ0v) is 14.2. The van der Waals surface area contributed by atoms with Gasteiger partial charge in [-0.25, -0.2) is 17.5 Å². The lowest BCUT2D eigenvalue weighted by Gasteiger charge is -2.31. The standard InChI is InChI=1S/C15H23N3O4S/c1-3-22-14-8-4-6-12(10-14)16-15(19)17-13-7-5-9-18(11-13)23(2,20)21/h4,6,8,10,13H,3,5,7,9,11H2,1-2H3,(H2,16,17,19)/t13-/m0/s1. The molecule has 0 saturated carbocycles. The minimum Gasteiger partial charge on any atom is -0.494 e. The van der Waals surface area contributed by atoms with Crippen molar-refractivity contribution in [3.63, 3.8) is 0 Å². The van der Waals surface area contributed by atoms with E-state index in [1.54, 1.807) is 18.2 Å². The first-order valence-electron chi connectivity index (χ1n) is 7.64. The Labute approximate surface area is 137 Å². The van der Waals surface area contributed by atoms with Gasteiger partial charge >= 0.3 is 6.03 Å². The van der Waals surface area contributed by atoms with Gasteiger partial charge in [0.25, 0.3) is 0 Å².